The minimum atomic E-state index is -0.993. The van der Waals surface area contributed by atoms with Gasteiger partial charge in [0, 0.05) is 30.9 Å². The minimum absolute atomic E-state index is 0.233. The molecule has 1 saturated heterocycles. The highest BCUT2D eigenvalue weighted by molar-refractivity contribution is 6.03. The molecule has 4 heteroatoms. The molecule has 2 aliphatic heterocycles. The third kappa shape index (κ3) is 1.99. The van der Waals surface area contributed by atoms with Crippen molar-refractivity contribution in [3.8, 4) is 0 Å². The smallest absolute Gasteiger partial charge is 0.260 e. The average Bonchev–Trinajstić information content (AvgIpc) is 2.71. The zero-order valence-corrected chi connectivity index (χ0v) is 12.2. The third-order valence-corrected chi connectivity index (χ3v) is 4.66. The molecule has 1 N–H and O–H groups in total. The monoisotopic (exact) mass is 274 g/mol. The number of aliphatic hydroxyl groups excluding tert-OH is 1. The molecule has 1 aromatic rings. The van der Waals surface area contributed by atoms with Crippen molar-refractivity contribution in [1.29, 1.82) is 0 Å². The van der Waals surface area contributed by atoms with Crippen molar-refractivity contribution in [2.24, 2.45) is 0 Å². The Kier molecular flexibility index (Phi) is 3.42. The molecule has 0 aromatic heterocycles. The van der Waals surface area contributed by atoms with E-state index in [0.29, 0.717) is 6.04 Å². The van der Waals surface area contributed by atoms with E-state index < -0.39 is 6.10 Å². The van der Waals surface area contributed by atoms with Crippen LogP contribution < -0.4 is 9.80 Å². The van der Waals surface area contributed by atoms with Crippen LogP contribution in [0.1, 0.15) is 44.3 Å². The van der Waals surface area contributed by atoms with Crippen molar-refractivity contribution in [2.45, 2.75) is 44.8 Å². The Morgan fingerprint density at radius 1 is 1.35 bits per heavy atom. The SMILES string of the molecule is CCC1CCCCN1c1ccc2c(c1)N(C)C(=O)C2O. The molecule has 0 saturated carbocycles. The summed E-state index contributed by atoms with van der Waals surface area (Å²) in [5.74, 6) is -0.233. The summed E-state index contributed by atoms with van der Waals surface area (Å²) in [5, 5.41) is 9.91. The van der Waals surface area contributed by atoms with Crippen LogP contribution in [0.15, 0.2) is 18.2 Å². The molecule has 2 atom stereocenters. The first-order chi connectivity index (χ1) is 9.63. The average molecular weight is 274 g/mol. The molecule has 2 aliphatic rings. The van der Waals surface area contributed by atoms with Gasteiger partial charge in [-0.3, -0.25) is 4.79 Å². The number of carbonyl (C=O) groups excluding carboxylic acids is 1. The van der Waals surface area contributed by atoms with E-state index in [4.69, 9.17) is 0 Å². The first kappa shape index (κ1) is 13.4. The van der Waals surface area contributed by atoms with E-state index in [1.807, 2.05) is 12.1 Å². The molecule has 1 amide bonds. The standard InChI is InChI=1S/C16H22N2O2/c1-3-11-6-4-5-9-18(11)12-7-8-13-14(10-12)17(2)16(20)15(13)19/h7-8,10-11,15,19H,3-6,9H2,1-2H3. The summed E-state index contributed by atoms with van der Waals surface area (Å²) in [7, 11) is 1.73. The molecule has 2 heterocycles. The van der Waals surface area contributed by atoms with Gasteiger partial charge in [-0.05, 0) is 37.8 Å². The van der Waals surface area contributed by atoms with E-state index in [1.54, 1.807) is 11.9 Å². The molecule has 0 aliphatic carbocycles. The summed E-state index contributed by atoms with van der Waals surface area (Å²) < 4.78 is 0. The van der Waals surface area contributed by atoms with Gasteiger partial charge in [-0.2, -0.15) is 0 Å². The van der Waals surface area contributed by atoms with Crippen molar-refractivity contribution in [1.82, 2.24) is 0 Å². The molecule has 2 unspecified atom stereocenters. The molecule has 0 spiro atoms. The van der Waals surface area contributed by atoms with E-state index in [2.05, 4.69) is 17.9 Å². The van der Waals surface area contributed by atoms with E-state index >= 15 is 0 Å². The van der Waals surface area contributed by atoms with Crippen molar-refractivity contribution < 1.29 is 9.90 Å². The molecule has 4 nitrogen and oxygen atoms in total. The van der Waals surface area contributed by atoms with Crippen LogP contribution in [0.2, 0.25) is 0 Å². The lowest BCUT2D eigenvalue weighted by Gasteiger charge is -2.37. The van der Waals surface area contributed by atoms with Gasteiger partial charge < -0.3 is 14.9 Å². The summed E-state index contributed by atoms with van der Waals surface area (Å²) in [6, 6.07) is 6.59. The van der Waals surface area contributed by atoms with Gasteiger partial charge in [0.1, 0.15) is 0 Å². The number of benzene rings is 1. The largest absolute Gasteiger partial charge is 0.378 e. The number of carbonyl (C=O) groups is 1. The van der Waals surface area contributed by atoms with Gasteiger partial charge in [0.05, 0.1) is 5.69 Å². The Hall–Kier alpha value is -1.55. The Labute approximate surface area is 120 Å². The van der Waals surface area contributed by atoms with Crippen molar-refractivity contribution in [2.75, 3.05) is 23.4 Å². The lowest BCUT2D eigenvalue weighted by atomic mass is 9.98. The molecule has 3 rings (SSSR count). The lowest BCUT2D eigenvalue weighted by Crippen LogP contribution is -2.39. The molecule has 108 valence electrons. The molecular weight excluding hydrogens is 252 g/mol. The maximum absolute atomic E-state index is 11.8. The maximum atomic E-state index is 11.8. The predicted molar refractivity (Wildman–Crippen MR) is 80.1 cm³/mol. The second kappa shape index (κ2) is 5.09. The number of nitrogens with zero attached hydrogens (tertiary/aromatic N) is 2. The van der Waals surface area contributed by atoms with E-state index in [9.17, 15) is 9.90 Å². The minimum Gasteiger partial charge on any atom is -0.378 e. The van der Waals surface area contributed by atoms with Gasteiger partial charge in [-0.1, -0.05) is 13.0 Å². The van der Waals surface area contributed by atoms with Crippen LogP contribution in [-0.2, 0) is 4.79 Å². The Morgan fingerprint density at radius 3 is 2.90 bits per heavy atom. The Bertz CT molecular complexity index is 529. The van der Waals surface area contributed by atoms with Crippen LogP contribution >= 0.6 is 0 Å². The zero-order valence-electron chi connectivity index (χ0n) is 12.2. The molecular formula is C16H22N2O2. The van der Waals surface area contributed by atoms with E-state index in [1.165, 1.54) is 24.9 Å². The lowest BCUT2D eigenvalue weighted by molar-refractivity contribution is -0.125. The van der Waals surface area contributed by atoms with Gasteiger partial charge in [0.15, 0.2) is 6.10 Å². The van der Waals surface area contributed by atoms with Crippen LogP contribution in [0.4, 0.5) is 11.4 Å². The Balaban J connectivity index is 1.95. The molecule has 0 bridgehead atoms. The number of anilines is 2. The van der Waals surface area contributed by atoms with Gasteiger partial charge in [0.2, 0.25) is 0 Å². The summed E-state index contributed by atoms with van der Waals surface area (Å²) in [6.45, 7) is 3.31. The zero-order chi connectivity index (χ0) is 14.3. The number of amides is 1. The van der Waals surface area contributed by atoms with Crippen LogP contribution in [-0.4, -0.2) is 30.6 Å². The second-order valence-electron chi connectivity index (χ2n) is 5.79. The number of rotatable bonds is 2. The third-order valence-electron chi connectivity index (χ3n) is 4.66. The van der Waals surface area contributed by atoms with Gasteiger partial charge >= 0.3 is 0 Å². The van der Waals surface area contributed by atoms with Crippen molar-refractivity contribution in [3.05, 3.63) is 23.8 Å². The highest BCUT2D eigenvalue weighted by Crippen LogP contribution is 2.38. The number of fused-ring (bicyclic) bond motifs is 1. The summed E-state index contributed by atoms with van der Waals surface area (Å²) in [4.78, 5) is 15.8. The normalized spacial score (nSPS) is 26.1. The quantitative estimate of drug-likeness (QED) is 0.901. The molecule has 1 fully saturated rings. The second-order valence-corrected chi connectivity index (χ2v) is 5.79. The number of likely N-dealkylation sites (N-methyl/N-ethyl adjacent to an activating group) is 1. The fourth-order valence-electron chi connectivity index (χ4n) is 3.43. The fraction of sp³-hybridized carbons (Fsp3) is 0.562. The number of aliphatic hydroxyl groups is 1. The van der Waals surface area contributed by atoms with Crippen LogP contribution in [0.3, 0.4) is 0 Å². The number of hydrogen-bond donors (Lipinski definition) is 1. The van der Waals surface area contributed by atoms with Crippen LogP contribution in [0.5, 0.6) is 0 Å². The first-order valence-corrected chi connectivity index (χ1v) is 7.49. The molecule has 20 heavy (non-hydrogen) atoms. The summed E-state index contributed by atoms with van der Waals surface area (Å²) in [6.07, 6.45) is 3.92. The summed E-state index contributed by atoms with van der Waals surface area (Å²) in [5.41, 5.74) is 2.75. The highest BCUT2D eigenvalue weighted by Gasteiger charge is 2.34. The topological polar surface area (TPSA) is 43.8 Å². The van der Waals surface area contributed by atoms with E-state index in [0.717, 1.165) is 24.2 Å². The number of piperidine rings is 1. The molecule has 1 aromatic carbocycles. The summed E-state index contributed by atoms with van der Waals surface area (Å²) >= 11 is 0. The van der Waals surface area contributed by atoms with Gasteiger partial charge in [0.25, 0.3) is 5.91 Å². The van der Waals surface area contributed by atoms with Crippen molar-refractivity contribution >= 4 is 17.3 Å². The van der Waals surface area contributed by atoms with E-state index in [-0.39, 0.29) is 5.91 Å². The predicted octanol–water partition coefficient (Wildman–Crippen LogP) is 2.47. The highest BCUT2D eigenvalue weighted by atomic mass is 16.3. The van der Waals surface area contributed by atoms with Gasteiger partial charge in [-0.25, -0.2) is 0 Å². The van der Waals surface area contributed by atoms with Crippen LogP contribution in [0, 0.1) is 0 Å². The Morgan fingerprint density at radius 2 is 2.15 bits per heavy atom. The molecule has 0 radical (unpaired) electrons. The van der Waals surface area contributed by atoms with Gasteiger partial charge in [-0.15, -0.1) is 0 Å². The maximum Gasteiger partial charge on any atom is 0.260 e. The number of hydrogen-bond acceptors (Lipinski definition) is 3. The fourth-order valence-corrected chi connectivity index (χ4v) is 3.43. The van der Waals surface area contributed by atoms with Crippen LogP contribution in [0.25, 0.3) is 0 Å². The van der Waals surface area contributed by atoms with Crippen molar-refractivity contribution in [3.63, 3.8) is 0 Å². The first-order valence-electron chi connectivity index (χ1n) is 7.49.